The highest BCUT2D eigenvalue weighted by Gasteiger charge is 2.34. The van der Waals surface area contributed by atoms with Crippen molar-refractivity contribution in [2.75, 3.05) is 13.1 Å². The molecule has 0 saturated carbocycles. The number of nitrogens with zero attached hydrogens (tertiary/aromatic N) is 4. The third-order valence-electron chi connectivity index (χ3n) is 9.53. The molecule has 2 amide bonds. The summed E-state index contributed by atoms with van der Waals surface area (Å²) in [6, 6.07) is 27.6. The monoisotopic (exact) mass is 804 g/mol. The third kappa shape index (κ3) is 7.51. The Kier molecular flexibility index (Phi) is 11.0. The van der Waals surface area contributed by atoms with Crippen molar-refractivity contribution in [3.63, 3.8) is 0 Å². The van der Waals surface area contributed by atoms with Crippen LogP contribution in [0.25, 0.3) is 0 Å². The molecular weight excluding hydrogens is 774 g/mol. The van der Waals surface area contributed by atoms with E-state index in [0.717, 1.165) is 18.4 Å². The van der Waals surface area contributed by atoms with E-state index in [2.05, 4.69) is 48.1 Å². The van der Waals surface area contributed by atoms with Crippen molar-refractivity contribution in [2.24, 2.45) is 0 Å². The first-order valence-electron chi connectivity index (χ1n) is 16.6. The molecule has 6 aromatic rings. The Morgan fingerprint density at radius 3 is 1.38 bits per heavy atom. The van der Waals surface area contributed by atoms with Crippen molar-refractivity contribution in [1.82, 2.24) is 19.8 Å². The van der Waals surface area contributed by atoms with Gasteiger partial charge in [0.15, 0.2) is 0 Å². The fraction of sp³-hybridized carbons (Fsp3) is 0.200. The molecule has 2 aromatic carbocycles. The molecule has 0 aliphatic carbocycles. The molecule has 2 aliphatic rings. The number of hydrogen-bond donors (Lipinski definition) is 0. The number of rotatable bonds is 4. The number of benzene rings is 2. The van der Waals surface area contributed by atoms with Crippen molar-refractivity contribution in [2.45, 2.75) is 38.8 Å². The summed E-state index contributed by atoms with van der Waals surface area (Å²) in [6.45, 7) is 6.46. The molecule has 0 fully saturated rings. The molecule has 0 bridgehead atoms. The number of carbonyl (C=O) groups excluding carboxylic acids is 2. The lowest BCUT2D eigenvalue weighted by Crippen LogP contribution is -2.38. The Morgan fingerprint density at radius 1 is 0.596 bits per heavy atom. The van der Waals surface area contributed by atoms with Crippen LogP contribution in [-0.2, 0) is 13.1 Å². The van der Waals surface area contributed by atoms with Gasteiger partial charge < -0.3 is 9.80 Å². The second-order valence-electron chi connectivity index (χ2n) is 12.7. The highest BCUT2D eigenvalue weighted by molar-refractivity contribution is 7.16. The summed E-state index contributed by atoms with van der Waals surface area (Å²) >= 11 is 28.0. The summed E-state index contributed by atoms with van der Waals surface area (Å²) < 4.78 is 1.50. The van der Waals surface area contributed by atoms with Crippen LogP contribution in [0.5, 0.6) is 0 Å². The van der Waals surface area contributed by atoms with Gasteiger partial charge in [-0.25, -0.2) is 9.97 Å². The Bertz CT molecular complexity index is 2130. The molecule has 2 aliphatic heterocycles. The van der Waals surface area contributed by atoms with Gasteiger partial charge in [0.1, 0.15) is 10.3 Å². The van der Waals surface area contributed by atoms with E-state index in [9.17, 15) is 9.59 Å². The van der Waals surface area contributed by atoms with Crippen molar-refractivity contribution < 1.29 is 9.59 Å². The van der Waals surface area contributed by atoms with E-state index in [0.29, 0.717) is 37.3 Å². The number of aromatic nitrogens is 2. The number of fused-ring (bicyclic) bond motifs is 2. The smallest absolute Gasteiger partial charge is 0.257 e. The van der Waals surface area contributed by atoms with Gasteiger partial charge in [-0.05, 0) is 83.6 Å². The molecule has 0 saturated heterocycles. The second kappa shape index (κ2) is 15.7. The second-order valence-corrected chi connectivity index (χ2v) is 17.0. The number of thiophene rings is 2. The van der Waals surface area contributed by atoms with Crippen molar-refractivity contribution in [3.05, 3.63) is 171 Å². The molecule has 2 atom stereocenters. The van der Waals surface area contributed by atoms with Crippen LogP contribution >= 0.6 is 69.1 Å². The molecule has 0 spiro atoms. The van der Waals surface area contributed by atoms with Crippen LogP contribution < -0.4 is 0 Å². The number of halogens is 4. The summed E-state index contributed by atoms with van der Waals surface area (Å²) in [5, 5.41) is 0.472. The largest absolute Gasteiger partial charge is 0.332 e. The van der Waals surface area contributed by atoms with E-state index in [1.807, 2.05) is 46.2 Å². The van der Waals surface area contributed by atoms with Gasteiger partial charge in [-0.3, -0.25) is 9.59 Å². The summed E-state index contributed by atoms with van der Waals surface area (Å²) in [6.07, 6.45) is 3.17. The van der Waals surface area contributed by atoms with Crippen molar-refractivity contribution in [3.8, 4) is 0 Å². The van der Waals surface area contributed by atoms with Crippen LogP contribution in [0.1, 0.15) is 75.7 Å². The minimum absolute atomic E-state index is 0.100. The zero-order valence-corrected chi connectivity index (χ0v) is 32.8. The standard InChI is InChI=1S/2C20H16Cl2N2OS/c2*1-12-5-2-3-6-13(12)16-10-24(11-17-15(16)9-18(21)26-17)20(25)14-7-4-8-23-19(14)22/h2*2-9,16H,10-11H2,1H3/t2*16-/m10/s1. The van der Waals surface area contributed by atoms with Crippen molar-refractivity contribution >= 4 is 80.9 Å². The SMILES string of the molecule is Cc1ccccc1[C@@H]1CN(C(=O)c2cccnc2Cl)Cc2sc(Cl)cc21.Cc1ccccc1[C@H]1CN(C(=O)c2cccnc2Cl)Cc2sc(Cl)cc21. The van der Waals surface area contributed by atoms with E-state index >= 15 is 0 Å². The lowest BCUT2D eigenvalue weighted by molar-refractivity contribution is 0.0720. The average Bonchev–Trinajstić information content (AvgIpc) is 3.72. The lowest BCUT2D eigenvalue weighted by atomic mass is 9.86. The van der Waals surface area contributed by atoms with Gasteiger partial charge >= 0.3 is 0 Å². The number of amides is 2. The highest BCUT2D eigenvalue weighted by atomic mass is 35.5. The summed E-state index contributed by atoms with van der Waals surface area (Å²) in [7, 11) is 0. The van der Waals surface area contributed by atoms with Gasteiger partial charge in [0.25, 0.3) is 11.8 Å². The zero-order chi connectivity index (χ0) is 36.5. The molecule has 12 heteroatoms. The van der Waals surface area contributed by atoms with E-state index in [1.165, 1.54) is 56.1 Å². The van der Waals surface area contributed by atoms with Crippen molar-refractivity contribution in [1.29, 1.82) is 0 Å². The maximum atomic E-state index is 13.1. The summed E-state index contributed by atoms with van der Waals surface area (Å²) in [4.78, 5) is 40.2. The highest BCUT2D eigenvalue weighted by Crippen LogP contribution is 2.43. The van der Waals surface area contributed by atoms with Crippen LogP contribution in [0.3, 0.4) is 0 Å². The minimum atomic E-state index is -0.100. The van der Waals surface area contributed by atoms with Crippen LogP contribution in [0, 0.1) is 13.8 Å². The predicted octanol–water partition coefficient (Wildman–Crippen LogP) is 11.1. The average molecular weight is 807 g/mol. The number of hydrogen-bond acceptors (Lipinski definition) is 6. The van der Waals surface area contributed by atoms with Crippen LogP contribution in [0.15, 0.2) is 97.3 Å². The molecule has 52 heavy (non-hydrogen) atoms. The normalized spacial score (nSPS) is 16.4. The van der Waals surface area contributed by atoms with E-state index in [1.54, 1.807) is 36.7 Å². The Labute approximate surface area is 330 Å². The fourth-order valence-corrected chi connectivity index (χ4v) is 10.1. The minimum Gasteiger partial charge on any atom is -0.332 e. The molecule has 0 N–H and O–H groups in total. The van der Waals surface area contributed by atoms with E-state index < -0.39 is 0 Å². The van der Waals surface area contributed by atoms with Gasteiger partial charge in [-0.2, -0.15) is 0 Å². The summed E-state index contributed by atoms with van der Waals surface area (Å²) in [5.41, 5.74) is 8.16. The first kappa shape index (κ1) is 36.6. The molecule has 6 heterocycles. The molecule has 6 nitrogen and oxygen atoms in total. The topological polar surface area (TPSA) is 66.4 Å². The Hall–Kier alpha value is -3.76. The fourth-order valence-electron chi connectivity index (χ4n) is 7.00. The van der Waals surface area contributed by atoms with E-state index in [4.69, 9.17) is 46.4 Å². The Balaban J connectivity index is 0.000000162. The number of aryl methyl sites for hydroxylation is 2. The molecule has 264 valence electrons. The first-order valence-corrected chi connectivity index (χ1v) is 19.7. The van der Waals surface area contributed by atoms with Crippen LogP contribution in [0.2, 0.25) is 19.0 Å². The molecule has 8 rings (SSSR count). The van der Waals surface area contributed by atoms with E-state index in [-0.39, 0.29) is 34.0 Å². The predicted molar refractivity (Wildman–Crippen MR) is 213 cm³/mol. The third-order valence-corrected chi connectivity index (χ3v) is 12.7. The maximum Gasteiger partial charge on any atom is 0.257 e. The number of pyridine rings is 2. The van der Waals surface area contributed by atoms with Crippen LogP contribution in [-0.4, -0.2) is 44.7 Å². The Morgan fingerprint density at radius 2 is 1.00 bits per heavy atom. The molecule has 4 aromatic heterocycles. The lowest BCUT2D eigenvalue weighted by Gasteiger charge is -2.34. The number of carbonyl (C=O) groups is 2. The molecule has 0 unspecified atom stereocenters. The molecular formula is C40H32Cl4N4O2S2. The van der Waals surface area contributed by atoms with Gasteiger partial charge in [0.2, 0.25) is 0 Å². The van der Waals surface area contributed by atoms with Gasteiger partial charge in [-0.15, -0.1) is 22.7 Å². The quantitative estimate of drug-likeness (QED) is 0.166. The van der Waals surface area contributed by atoms with Gasteiger partial charge in [-0.1, -0.05) is 94.9 Å². The summed E-state index contributed by atoms with van der Waals surface area (Å²) in [5.74, 6) is -0.0000860. The van der Waals surface area contributed by atoms with Gasteiger partial charge in [0.05, 0.1) is 32.9 Å². The zero-order valence-electron chi connectivity index (χ0n) is 28.2. The van der Waals surface area contributed by atoms with Crippen LogP contribution in [0.4, 0.5) is 0 Å². The van der Waals surface area contributed by atoms with Gasteiger partial charge in [0, 0.05) is 47.1 Å². The maximum absolute atomic E-state index is 13.1. The first-order chi connectivity index (χ1) is 25.1. The molecule has 0 radical (unpaired) electrons.